The first-order valence-electron chi connectivity index (χ1n) is 10.8. The number of carbonyl (C=O) groups is 2. The number of ether oxygens (including phenoxy) is 1. The molecule has 5 nitrogen and oxygen atoms in total. The first-order valence-corrected chi connectivity index (χ1v) is 10.8. The van der Waals surface area contributed by atoms with Crippen LogP contribution in [0.25, 0.3) is 5.76 Å². The first kappa shape index (κ1) is 22.3. The van der Waals surface area contributed by atoms with E-state index in [0.717, 1.165) is 27.8 Å². The SMILES string of the molecule is COc1c(C)cc(C)cc1/C(O)=C1\C(=O)C(=O)N(c2ccc(C)cc2C)C1c1ccccc1. The van der Waals surface area contributed by atoms with E-state index < -0.39 is 17.7 Å². The van der Waals surface area contributed by atoms with E-state index in [4.69, 9.17) is 4.74 Å². The predicted octanol–water partition coefficient (Wildman–Crippen LogP) is 5.56. The second-order valence-corrected chi connectivity index (χ2v) is 8.53. The highest BCUT2D eigenvalue weighted by Gasteiger charge is 2.47. The van der Waals surface area contributed by atoms with Gasteiger partial charge in [-0.3, -0.25) is 14.5 Å². The van der Waals surface area contributed by atoms with Crippen molar-refractivity contribution in [1.82, 2.24) is 0 Å². The van der Waals surface area contributed by atoms with Gasteiger partial charge in [-0.1, -0.05) is 54.1 Å². The second kappa shape index (κ2) is 8.58. The quantitative estimate of drug-likeness (QED) is 0.327. The van der Waals surface area contributed by atoms with Crippen molar-refractivity contribution in [2.24, 2.45) is 0 Å². The number of Topliss-reactive ketones (excluding diaryl/α,β-unsaturated/α-hetero) is 1. The molecule has 1 N–H and O–H groups in total. The summed E-state index contributed by atoms with van der Waals surface area (Å²) < 4.78 is 5.55. The molecule has 0 radical (unpaired) electrons. The van der Waals surface area contributed by atoms with Crippen LogP contribution in [-0.2, 0) is 9.59 Å². The summed E-state index contributed by atoms with van der Waals surface area (Å²) in [7, 11) is 1.53. The maximum absolute atomic E-state index is 13.4. The van der Waals surface area contributed by atoms with E-state index in [-0.39, 0.29) is 11.3 Å². The molecule has 0 aliphatic carbocycles. The van der Waals surface area contributed by atoms with Crippen molar-refractivity contribution in [3.05, 3.63) is 99.6 Å². The van der Waals surface area contributed by atoms with Gasteiger partial charge in [0.1, 0.15) is 11.5 Å². The van der Waals surface area contributed by atoms with Gasteiger partial charge in [-0.25, -0.2) is 0 Å². The highest BCUT2D eigenvalue weighted by Crippen LogP contribution is 2.44. The summed E-state index contributed by atoms with van der Waals surface area (Å²) in [6, 6.07) is 18.0. The summed E-state index contributed by atoms with van der Waals surface area (Å²) in [5.74, 6) is -1.15. The average Bonchev–Trinajstić information content (AvgIpc) is 3.04. The van der Waals surface area contributed by atoms with E-state index in [9.17, 15) is 14.7 Å². The van der Waals surface area contributed by atoms with Crippen LogP contribution in [0.2, 0.25) is 0 Å². The summed E-state index contributed by atoms with van der Waals surface area (Å²) in [6.07, 6.45) is 0. The number of ketones is 1. The lowest BCUT2D eigenvalue weighted by Crippen LogP contribution is -2.30. The number of rotatable bonds is 4. The van der Waals surface area contributed by atoms with E-state index in [1.165, 1.54) is 12.0 Å². The topological polar surface area (TPSA) is 66.8 Å². The molecule has 168 valence electrons. The van der Waals surface area contributed by atoms with Crippen LogP contribution < -0.4 is 9.64 Å². The molecule has 4 rings (SSSR count). The van der Waals surface area contributed by atoms with Crippen LogP contribution in [0.1, 0.15) is 39.4 Å². The molecule has 1 saturated heterocycles. The van der Waals surface area contributed by atoms with Crippen LogP contribution in [0.3, 0.4) is 0 Å². The number of hydrogen-bond donors (Lipinski definition) is 1. The third-order valence-corrected chi connectivity index (χ3v) is 6.05. The van der Waals surface area contributed by atoms with Gasteiger partial charge < -0.3 is 9.84 Å². The third kappa shape index (κ3) is 3.80. The molecule has 1 unspecified atom stereocenters. The van der Waals surface area contributed by atoms with Crippen LogP contribution in [0.15, 0.2) is 66.2 Å². The normalized spacial score (nSPS) is 17.5. The van der Waals surface area contributed by atoms with Crippen LogP contribution in [0.4, 0.5) is 5.69 Å². The Labute approximate surface area is 193 Å². The van der Waals surface area contributed by atoms with Gasteiger partial charge in [0.15, 0.2) is 0 Å². The molecule has 1 aliphatic heterocycles. The number of aliphatic hydroxyl groups excluding tert-OH is 1. The van der Waals surface area contributed by atoms with Gasteiger partial charge in [0.2, 0.25) is 0 Å². The lowest BCUT2D eigenvalue weighted by molar-refractivity contribution is -0.132. The number of methoxy groups -OCH3 is 1. The Balaban J connectivity index is 2.02. The van der Waals surface area contributed by atoms with Crippen LogP contribution in [0.5, 0.6) is 5.75 Å². The maximum Gasteiger partial charge on any atom is 0.300 e. The van der Waals surface area contributed by atoms with Crippen molar-refractivity contribution < 1.29 is 19.4 Å². The Morgan fingerprint density at radius 2 is 1.55 bits per heavy atom. The number of hydrogen-bond acceptors (Lipinski definition) is 4. The molecule has 1 atom stereocenters. The highest BCUT2D eigenvalue weighted by atomic mass is 16.5. The standard InChI is InChI=1S/C28H27NO4/c1-16-11-12-22(18(3)13-16)29-24(20-9-7-6-8-10-20)23(26(31)28(29)32)25(30)21-15-17(2)14-19(4)27(21)33-5/h6-15,24,30H,1-5H3/b25-23+. The van der Waals surface area contributed by atoms with Gasteiger partial charge >= 0.3 is 0 Å². The Morgan fingerprint density at radius 3 is 2.18 bits per heavy atom. The average molecular weight is 442 g/mol. The Bertz CT molecular complexity index is 1290. The molecular weight excluding hydrogens is 414 g/mol. The molecule has 0 spiro atoms. The number of benzene rings is 3. The smallest absolute Gasteiger partial charge is 0.300 e. The van der Waals surface area contributed by atoms with E-state index in [1.54, 1.807) is 6.07 Å². The molecule has 3 aromatic rings. The van der Waals surface area contributed by atoms with E-state index >= 15 is 0 Å². The molecule has 0 bridgehead atoms. The van der Waals surface area contributed by atoms with Crippen molar-refractivity contribution in [1.29, 1.82) is 0 Å². The summed E-state index contributed by atoms with van der Waals surface area (Å²) in [6.45, 7) is 7.68. The van der Waals surface area contributed by atoms with Crippen LogP contribution in [-0.4, -0.2) is 23.9 Å². The summed E-state index contributed by atoms with van der Waals surface area (Å²) in [4.78, 5) is 28.2. The Morgan fingerprint density at radius 1 is 0.879 bits per heavy atom. The fourth-order valence-corrected chi connectivity index (χ4v) is 4.65. The van der Waals surface area contributed by atoms with Crippen molar-refractivity contribution in [2.45, 2.75) is 33.7 Å². The maximum atomic E-state index is 13.4. The fraction of sp³-hybridized carbons (Fsp3) is 0.214. The van der Waals surface area contributed by atoms with Gasteiger partial charge in [-0.15, -0.1) is 0 Å². The van der Waals surface area contributed by atoms with E-state index in [2.05, 4.69) is 0 Å². The van der Waals surface area contributed by atoms with Crippen molar-refractivity contribution in [2.75, 3.05) is 12.0 Å². The lowest BCUT2D eigenvalue weighted by Gasteiger charge is -2.27. The minimum Gasteiger partial charge on any atom is -0.507 e. The molecule has 5 heteroatoms. The van der Waals surface area contributed by atoms with E-state index in [0.29, 0.717) is 17.0 Å². The Kier molecular flexibility index (Phi) is 5.81. The number of aryl methyl sites for hydroxylation is 4. The molecule has 1 aliphatic rings. The summed E-state index contributed by atoms with van der Waals surface area (Å²) in [5.41, 5.74) is 5.51. The number of nitrogens with zero attached hydrogens (tertiary/aromatic N) is 1. The van der Waals surface area contributed by atoms with Gasteiger partial charge in [0, 0.05) is 5.69 Å². The number of carbonyl (C=O) groups excluding carboxylic acids is 2. The number of aliphatic hydroxyl groups is 1. The summed E-state index contributed by atoms with van der Waals surface area (Å²) >= 11 is 0. The molecule has 3 aromatic carbocycles. The highest BCUT2D eigenvalue weighted by molar-refractivity contribution is 6.51. The first-order chi connectivity index (χ1) is 15.7. The largest absolute Gasteiger partial charge is 0.507 e. The van der Waals surface area contributed by atoms with Gasteiger partial charge in [-0.2, -0.15) is 0 Å². The van der Waals surface area contributed by atoms with Crippen molar-refractivity contribution in [3.63, 3.8) is 0 Å². The zero-order chi connectivity index (χ0) is 23.9. The molecule has 1 amide bonds. The monoisotopic (exact) mass is 441 g/mol. The number of anilines is 1. The van der Waals surface area contributed by atoms with E-state index in [1.807, 2.05) is 82.3 Å². The fourth-order valence-electron chi connectivity index (χ4n) is 4.65. The predicted molar refractivity (Wildman–Crippen MR) is 130 cm³/mol. The molecule has 0 saturated carbocycles. The van der Waals surface area contributed by atoms with Crippen LogP contribution >= 0.6 is 0 Å². The molecule has 1 heterocycles. The summed E-state index contributed by atoms with van der Waals surface area (Å²) in [5, 5.41) is 11.5. The second-order valence-electron chi connectivity index (χ2n) is 8.53. The zero-order valence-corrected chi connectivity index (χ0v) is 19.5. The molecule has 1 fully saturated rings. The zero-order valence-electron chi connectivity index (χ0n) is 19.5. The molecule has 0 aromatic heterocycles. The Hall–Kier alpha value is -3.86. The third-order valence-electron chi connectivity index (χ3n) is 6.05. The van der Waals surface area contributed by atoms with Crippen molar-refractivity contribution >= 4 is 23.1 Å². The lowest BCUT2D eigenvalue weighted by atomic mass is 9.93. The molecular formula is C28H27NO4. The number of amides is 1. The van der Waals surface area contributed by atoms with Gasteiger partial charge in [0.05, 0.1) is 24.3 Å². The van der Waals surface area contributed by atoms with Gasteiger partial charge in [0.25, 0.3) is 11.7 Å². The minimum atomic E-state index is -0.766. The van der Waals surface area contributed by atoms with Crippen molar-refractivity contribution in [3.8, 4) is 5.75 Å². The minimum absolute atomic E-state index is 0.0504. The van der Waals surface area contributed by atoms with Crippen LogP contribution in [0, 0.1) is 27.7 Å². The molecule has 33 heavy (non-hydrogen) atoms. The van der Waals surface area contributed by atoms with Gasteiger partial charge in [-0.05, 0) is 62.1 Å².